The number of aromatic nitrogens is 2. The van der Waals surface area contributed by atoms with Crippen molar-refractivity contribution in [1.29, 1.82) is 0 Å². The lowest BCUT2D eigenvalue weighted by atomic mass is 10.2. The summed E-state index contributed by atoms with van der Waals surface area (Å²) in [5, 5.41) is 6.86. The Morgan fingerprint density at radius 3 is 2.74 bits per heavy atom. The number of rotatable bonds is 7. The molecule has 1 heterocycles. The van der Waals surface area contributed by atoms with Crippen molar-refractivity contribution < 1.29 is 0 Å². The third-order valence-corrected chi connectivity index (χ3v) is 3.63. The highest BCUT2D eigenvalue weighted by molar-refractivity contribution is 5.42. The maximum absolute atomic E-state index is 4.56. The first-order chi connectivity index (χ1) is 9.28. The number of hydrogen-bond acceptors (Lipinski definition) is 4. The minimum Gasteiger partial charge on any atom is -0.370 e. The number of nitrogens with zero attached hydrogens (tertiary/aromatic N) is 2. The molecule has 106 valence electrons. The van der Waals surface area contributed by atoms with Crippen LogP contribution in [0.3, 0.4) is 0 Å². The Labute approximate surface area is 116 Å². The summed E-state index contributed by atoms with van der Waals surface area (Å²) >= 11 is 0. The molecular weight excluding hydrogens is 236 g/mol. The number of hydrogen-bond donors (Lipinski definition) is 2. The molecule has 0 amide bonds. The van der Waals surface area contributed by atoms with Gasteiger partial charge in [0.05, 0.1) is 0 Å². The lowest BCUT2D eigenvalue weighted by Crippen LogP contribution is -2.17. The van der Waals surface area contributed by atoms with E-state index < -0.39 is 0 Å². The van der Waals surface area contributed by atoms with Crippen molar-refractivity contribution in [2.45, 2.75) is 64.8 Å². The van der Waals surface area contributed by atoms with Crippen LogP contribution in [-0.2, 0) is 0 Å². The van der Waals surface area contributed by atoms with Crippen molar-refractivity contribution in [3.63, 3.8) is 0 Å². The summed E-state index contributed by atoms with van der Waals surface area (Å²) in [6.07, 6.45) is 8.86. The standard InChI is InChI=1S/C15H26N4/c1-3-4-7-10-16-14-11-12(2)17-15(19-14)18-13-8-5-6-9-13/h11,13H,3-10H2,1-2H3,(H2,16,17,18,19). The van der Waals surface area contributed by atoms with Gasteiger partial charge in [0.1, 0.15) is 5.82 Å². The van der Waals surface area contributed by atoms with E-state index in [1.165, 1.54) is 44.9 Å². The Bertz CT molecular complexity index is 386. The highest BCUT2D eigenvalue weighted by Gasteiger charge is 2.15. The fourth-order valence-corrected chi connectivity index (χ4v) is 2.57. The van der Waals surface area contributed by atoms with Crippen LogP contribution in [0.4, 0.5) is 11.8 Å². The number of anilines is 2. The molecule has 2 rings (SSSR count). The normalized spacial score (nSPS) is 15.7. The van der Waals surface area contributed by atoms with Gasteiger partial charge in [0, 0.05) is 24.3 Å². The zero-order chi connectivity index (χ0) is 13.5. The molecule has 19 heavy (non-hydrogen) atoms. The van der Waals surface area contributed by atoms with Crippen LogP contribution < -0.4 is 10.6 Å². The summed E-state index contributed by atoms with van der Waals surface area (Å²) in [6, 6.07) is 2.58. The van der Waals surface area contributed by atoms with Crippen molar-refractivity contribution in [2.75, 3.05) is 17.2 Å². The van der Waals surface area contributed by atoms with Gasteiger partial charge in [-0.1, -0.05) is 32.6 Å². The second kappa shape index (κ2) is 7.31. The second-order valence-electron chi connectivity index (χ2n) is 5.48. The largest absolute Gasteiger partial charge is 0.370 e. The maximum Gasteiger partial charge on any atom is 0.225 e. The number of nitrogens with one attached hydrogen (secondary N) is 2. The summed E-state index contributed by atoms with van der Waals surface area (Å²) in [7, 11) is 0. The summed E-state index contributed by atoms with van der Waals surface area (Å²) in [6.45, 7) is 5.24. The number of aryl methyl sites for hydroxylation is 1. The first kappa shape index (κ1) is 14.1. The van der Waals surface area contributed by atoms with E-state index in [1.807, 2.05) is 13.0 Å². The zero-order valence-corrected chi connectivity index (χ0v) is 12.2. The predicted molar refractivity (Wildman–Crippen MR) is 80.7 cm³/mol. The molecule has 1 aliphatic rings. The van der Waals surface area contributed by atoms with E-state index in [0.29, 0.717) is 6.04 Å². The van der Waals surface area contributed by atoms with Crippen LogP contribution in [0.15, 0.2) is 6.07 Å². The van der Waals surface area contributed by atoms with Crippen LogP contribution in [0, 0.1) is 6.92 Å². The first-order valence-corrected chi connectivity index (χ1v) is 7.64. The molecule has 1 aliphatic carbocycles. The fraction of sp³-hybridized carbons (Fsp3) is 0.733. The molecule has 1 aromatic heterocycles. The van der Waals surface area contributed by atoms with E-state index in [-0.39, 0.29) is 0 Å². The Kier molecular flexibility index (Phi) is 5.43. The predicted octanol–water partition coefficient (Wildman–Crippen LogP) is 3.74. The Morgan fingerprint density at radius 1 is 1.21 bits per heavy atom. The highest BCUT2D eigenvalue weighted by atomic mass is 15.2. The van der Waals surface area contributed by atoms with Crippen LogP contribution in [0.25, 0.3) is 0 Å². The molecule has 0 aromatic carbocycles. The third-order valence-electron chi connectivity index (χ3n) is 3.63. The van der Waals surface area contributed by atoms with E-state index in [2.05, 4.69) is 27.5 Å². The molecule has 1 aromatic rings. The van der Waals surface area contributed by atoms with Crippen molar-refractivity contribution in [3.05, 3.63) is 11.8 Å². The summed E-state index contributed by atoms with van der Waals surface area (Å²) in [5.74, 6) is 1.73. The molecule has 0 atom stereocenters. The Morgan fingerprint density at radius 2 is 2.00 bits per heavy atom. The van der Waals surface area contributed by atoms with E-state index >= 15 is 0 Å². The van der Waals surface area contributed by atoms with Gasteiger partial charge in [0.25, 0.3) is 0 Å². The Balaban J connectivity index is 1.90. The zero-order valence-electron chi connectivity index (χ0n) is 12.2. The molecule has 0 radical (unpaired) electrons. The smallest absolute Gasteiger partial charge is 0.225 e. The van der Waals surface area contributed by atoms with Crippen LogP contribution in [0.2, 0.25) is 0 Å². The van der Waals surface area contributed by atoms with E-state index in [4.69, 9.17) is 0 Å². The van der Waals surface area contributed by atoms with Gasteiger partial charge in [0.2, 0.25) is 5.95 Å². The third kappa shape index (κ3) is 4.69. The van der Waals surface area contributed by atoms with E-state index in [1.54, 1.807) is 0 Å². The average molecular weight is 262 g/mol. The second-order valence-corrected chi connectivity index (χ2v) is 5.48. The molecule has 1 fully saturated rings. The van der Waals surface area contributed by atoms with Crippen molar-refractivity contribution >= 4 is 11.8 Å². The quantitative estimate of drug-likeness (QED) is 0.735. The van der Waals surface area contributed by atoms with Gasteiger partial charge < -0.3 is 10.6 Å². The summed E-state index contributed by atoms with van der Waals surface area (Å²) < 4.78 is 0. The van der Waals surface area contributed by atoms with Crippen LogP contribution >= 0.6 is 0 Å². The maximum atomic E-state index is 4.56. The van der Waals surface area contributed by atoms with Crippen molar-refractivity contribution in [3.8, 4) is 0 Å². The molecule has 1 saturated carbocycles. The number of unbranched alkanes of at least 4 members (excludes halogenated alkanes) is 2. The summed E-state index contributed by atoms with van der Waals surface area (Å²) in [4.78, 5) is 9.04. The van der Waals surface area contributed by atoms with Gasteiger partial charge in [-0.2, -0.15) is 4.98 Å². The molecule has 4 heteroatoms. The molecule has 4 nitrogen and oxygen atoms in total. The van der Waals surface area contributed by atoms with Gasteiger partial charge in [-0.25, -0.2) is 4.98 Å². The lowest BCUT2D eigenvalue weighted by molar-refractivity contribution is 0.736. The lowest BCUT2D eigenvalue weighted by Gasteiger charge is -2.13. The minimum absolute atomic E-state index is 0.565. The van der Waals surface area contributed by atoms with Crippen LogP contribution in [-0.4, -0.2) is 22.6 Å². The van der Waals surface area contributed by atoms with Crippen LogP contribution in [0.5, 0.6) is 0 Å². The molecule has 0 unspecified atom stereocenters. The van der Waals surface area contributed by atoms with Gasteiger partial charge in [-0.3, -0.25) is 0 Å². The van der Waals surface area contributed by atoms with Gasteiger partial charge in [-0.05, 0) is 26.2 Å². The van der Waals surface area contributed by atoms with Crippen molar-refractivity contribution in [2.24, 2.45) is 0 Å². The Hall–Kier alpha value is -1.32. The molecule has 0 bridgehead atoms. The molecule has 0 aliphatic heterocycles. The van der Waals surface area contributed by atoms with E-state index in [0.717, 1.165) is 24.0 Å². The SMILES string of the molecule is CCCCCNc1cc(C)nc(NC2CCCC2)n1. The minimum atomic E-state index is 0.565. The summed E-state index contributed by atoms with van der Waals surface area (Å²) in [5.41, 5.74) is 1.02. The topological polar surface area (TPSA) is 49.8 Å². The van der Waals surface area contributed by atoms with Gasteiger partial charge in [-0.15, -0.1) is 0 Å². The molecular formula is C15H26N4. The van der Waals surface area contributed by atoms with Crippen molar-refractivity contribution in [1.82, 2.24) is 9.97 Å². The highest BCUT2D eigenvalue weighted by Crippen LogP contribution is 2.21. The van der Waals surface area contributed by atoms with E-state index in [9.17, 15) is 0 Å². The van der Waals surface area contributed by atoms with Gasteiger partial charge in [0.15, 0.2) is 0 Å². The first-order valence-electron chi connectivity index (χ1n) is 7.64. The molecule has 0 saturated heterocycles. The average Bonchev–Trinajstić information content (AvgIpc) is 2.87. The van der Waals surface area contributed by atoms with Crippen LogP contribution in [0.1, 0.15) is 57.6 Å². The molecule has 2 N–H and O–H groups in total. The fourth-order valence-electron chi connectivity index (χ4n) is 2.57. The van der Waals surface area contributed by atoms with Gasteiger partial charge >= 0.3 is 0 Å². The monoisotopic (exact) mass is 262 g/mol. The molecule has 0 spiro atoms.